The van der Waals surface area contributed by atoms with E-state index in [0.717, 1.165) is 24.0 Å². The molecule has 7 rings (SSSR count). The summed E-state index contributed by atoms with van der Waals surface area (Å²) in [5.74, 6) is -4.32. The second-order valence-corrected chi connectivity index (χ2v) is 17.6. The normalized spacial score (nSPS) is 16.8. The maximum atomic E-state index is 15.4. The van der Waals surface area contributed by atoms with E-state index >= 15 is 4.39 Å². The molecule has 0 spiro atoms. The predicted molar refractivity (Wildman–Crippen MR) is 249 cm³/mol. The van der Waals surface area contributed by atoms with Gasteiger partial charge in [-0.3, -0.25) is 33.6 Å². The van der Waals surface area contributed by atoms with Gasteiger partial charge in [0.15, 0.2) is 5.60 Å². The van der Waals surface area contributed by atoms with Gasteiger partial charge < -0.3 is 52.0 Å². The first-order chi connectivity index (χ1) is 33.1. The molecule has 0 bridgehead atoms. The molecule has 0 saturated carbocycles. The Morgan fingerprint density at radius 2 is 1.59 bits per heavy atom. The third-order valence-corrected chi connectivity index (χ3v) is 13.0. The third kappa shape index (κ3) is 11.1. The van der Waals surface area contributed by atoms with E-state index in [-0.39, 0.29) is 81.3 Å². The molecule has 9 N–H and O–H groups in total. The molecule has 366 valence electrons. The van der Waals surface area contributed by atoms with Crippen molar-refractivity contribution in [3.8, 4) is 11.4 Å². The molecule has 0 radical (unpaired) electrons. The fraction of sp³-hybridized carbons (Fsp3) is 0.449. The molecular formula is C49H58FN9O10. The van der Waals surface area contributed by atoms with Crippen molar-refractivity contribution in [3.63, 3.8) is 0 Å². The molecule has 4 aromatic rings. The monoisotopic (exact) mass is 951 g/mol. The number of hydrogen-bond acceptors (Lipinski definition) is 12. The highest BCUT2D eigenvalue weighted by Crippen LogP contribution is 2.46. The minimum Gasteiger partial charge on any atom is -0.458 e. The Morgan fingerprint density at radius 3 is 2.35 bits per heavy atom. The van der Waals surface area contributed by atoms with Gasteiger partial charge in [0.05, 0.1) is 54.7 Å². The van der Waals surface area contributed by atoms with Crippen molar-refractivity contribution < 1.29 is 47.8 Å². The fourth-order valence-electron chi connectivity index (χ4n) is 9.22. The van der Waals surface area contributed by atoms with E-state index in [1.165, 1.54) is 10.6 Å². The van der Waals surface area contributed by atoms with Crippen molar-refractivity contribution in [1.82, 2.24) is 41.5 Å². The van der Waals surface area contributed by atoms with Crippen molar-refractivity contribution in [2.75, 3.05) is 32.7 Å². The van der Waals surface area contributed by atoms with Gasteiger partial charge in [0, 0.05) is 48.4 Å². The van der Waals surface area contributed by atoms with Crippen molar-refractivity contribution in [3.05, 3.63) is 97.6 Å². The first kappa shape index (κ1) is 49.8. The van der Waals surface area contributed by atoms with Crippen LogP contribution in [-0.4, -0.2) is 94.8 Å². The molecule has 1 unspecified atom stereocenters. The number of ether oxygens (including phenoxy) is 1. The summed E-state index contributed by atoms with van der Waals surface area (Å²) in [5, 5.41) is 27.9. The van der Waals surface area contributed by atoms with E-state index in [4.69, 9.17) is 15.5 Å². The van der Waals surface area contributed by atoms with Crippen molar-refractivity contribution in [1.29, 1.82) is 0 Å². The van der Waals surface area contributed by atoms with Crippen LogP contribution in [0.3, 0.4) is 0 Å². The summed E-state index contributed by atoms with van der Waals surface area (Å²) < 4.78 is 22.1. The highest BCUT2D eigenvalue weighted by atomic mass is 19.1. The number of carbonyl (C=O) groups is 7. The number of nitrogens with two attached hydrogens (primary N) is 1. The highest BCUT2D eigenvalue weighted by molar-refractivity contribution is 5.95. The molecule has 2 aromatic carbocycles. The fourth-order valence-corrected chi connectivity index (χ4v) is 9.22. The van der Waals surface area contributed by atoms with Crippen LogP contribution < -0.4 is 43.2 Å². The van der Waals surface area contributed by atoms with Gasteiger partial charge in [0.1, 0.15) is 18.5 Å². The summed E-state index contributed by atoms with van der Waals surface area (Å²) in [6.07, 6.45) is 3.71. The molecule has 0 fully saturated rings. The lowest BCUT2D eigenvalue weighted by Crippen LogP contribution is -2.52. The van der Waals surface area contributed by atoms with E-state index in [1.54, 1.807) is 50.2 Å². The number of amides is 6. The number of nitrogens with one attached hydrogen (secondary N) is 6. The summed E-state index contributed by atoms with van der Waals surface area (Å²) in [6.45, 7) is 2.55. The van der Waals surface area contributed by atoms with Crippen molar-refractivity contribution in [2.45, 2.75) is 109 Å². The van der Waals surface area contributed by atoms with Gasteiger partial charge in [-0.25, -0.2) is 14.2 Å². The Morgan fingerprint density at radius 1 is 0.884 bits per heavy atom. The second kappa shape index (κ2) is 21.9. The number of benzene rings is 2. The average Bonchev–Trinajstić information content (AvgIpc) is 3.71. The van der Waals surface area contributed by atoms with Crippen molar-refractivity contribution >= 4 is 52.3 Å². The number of esters is 1. The van der Waals surface area contributed by atoms with E-state index < -0.39 is 71.7 Å². The first-order valence-electron chi connectivity index (χ1n) is 23.4. The number of halogens is 1. The van der Waals surface area contributed by atoms with Gasteiger partial charge >= 0.3 is 5.97 Å². The topological polar surface area (TPSA) is 282 Å². The molecule has 19 nitrogen and oxygen atoms in total. The van der Waals surface area contributed by atoms with E-state index in [2.05, 4.69) is 31.9 Å². The van der Waals surface area contributed by atoms with Crippen LogP contribution in [0.5, 0.6) is 0 Å². The summed E-state index contributed by atoms with van der Waals surface area (Å²) in [4.78, 5) is 108. The van der Waals surface area contributed by atoms with Gasteiger partial charge in [-0.15, -0.1) is 0 Å². The lowest BCUT2D eigenvalue weighted by molar-refractivity contribution is -0.172. The lowest BCUT2D eigenvalue weighted by atomic mass is 9.81. The molecule has 20 heteroatoms. The number of unbranched alkanes of at least 4 members (excludes halogenated alkanes) is 2. The number of fused-ring (bicyclic) bond motifs is 5. The number of rotatable bonds is 21. The largest absolute Gasteiger partial charge is 0.458 e. The number of aliphatic hydroxyl groups is 1. The molecule has 2 aliphatic heterocycles. The molecule has 0 saturated heterocycles. The number of aromatic nitrogens is 2. The number of cyclic esters (lactones) is 1. The second-order valence-electron chi connectivity index (χ2n) is 17.6. The van der Waals surface area contributed by atoms with Crippen molar-refractivity contribution in [2.24, 2.45) is 5.73 Å². The Bertz CT molecular complexity index is 2750. The zero-order chi connectivity index (χ0) is 49.4. The standard InChI is InChI=1S/C49H58FN9O10/c1-3-49(68)32-20-37-45-30(25-59(37)47(66)31(32)26-69-48(49)67)44-34(16-15-29-27(2)33(50)21-35(58-45)43(29)44)56-39(61)14-10-18-52-40(62)23-55-46(65)36(19-28-11-6-4-7-12-28)57-42(64)24-54-41(63)22-53-38(60)13-8-5-9-17-51/h4,6-7,11-12,20-21,34,36,68H,3,5,8-10,13-19,22-26,51H2,1-2H3,(H,52,62)(H,53,60)(H,54,63)(H,55,65)(H,56,61)(H,57,64)/t34-,36?,49-/m0/s1. The molecule has 6 amide bonds. The van der Waals surface area contributed by atoms with E-state index in [9.17, 15) is 43.5 Å². The van der Waals surface area contributed by atoms with E-state index in [0.29, 0.717) is 64.8 Å². The molecule has 4 heterocycles. The Hall–Kier alpha value is -7.06. The van der Waals surface area contributed by atoms with Crippen LogP contribution >= 0.6 is 0 Å². The molecular weight excluding hydrogens is 894 g/mol. The first-order valence-corrected chi connectivity index (χ1v) is 23.4. The summed E-state index contributed by atoms with van der Waals surface area (Å²) in [6, 6.07) is 10.2. The molecule has 69 heavy (non-hydrogen) atoms. The van der Waals surface area contributed by atoms with Gasteiger partial charge in [-0.1, -0.05) is 43.7 Å². The quantitative estimate of drug-likeness (QED) is 0.0380. The van der Waals surface area contributed by atoms with Crippen LogP contribution in [0, 0.1) is 12.7 Å². The molecule has 3 aliphatic rings. The average molecular weight is 952 g/mol. The van der Waals surface area contributed by atoms with Crippen LogP contribution in [0.2, 0.25) is 0 Å². The van der Waals surface area contributed by atoms with Gasteiger partial charge in [0.25, 0.3) is 5.56 Å². The number of hydrogen-bond donors (Lipinski definition) is 8. The predicted octanol–water partition coefficient (Wildman–Crippen LogP) is 1.12. The van der Waals surface area contributed by atoms with Gasteiger partial charge in [0.2, 0.25) is 35.4 Å². The summed E-state index contributed by atoms with van der Waals surface area (Å²) >= 11 is 0. The molecule has 3 atom stereocenters. The molecule has 1 aliphatic carbocycles. The zero-order valence-electron chi connectivity index (χ0n) is 38.7. The van der Waals surface area contributed by atoms with Crippen LogP contribution in [0.25, 0.3) is 22.3 Å². The van der Waals surface area contributed by atoms with Crippen LogP contribution in [0.1, 0.15) is 103 Å². The number of nitrogens with zero attached hydrogens (tertiary/aromatic N) is 2. The highest BCUT2D eigenvalue weighted by Gasteiger charge is 2.46. The van der Waals surface area contributed by atoms with Gasteiger partial charge in [-0.05, 0) is 80.3 Å². The van der Waals surface area contributed by atoms with Crippen LogP contribution in [0.4, 0.5) is 4.39 Å². The third-order valence-electron chi connectivity index (χ3n) is 13.0. The lowest BCUT2D eigenvalue weighted by Gasteiger charge is -2.31. The SMILES string of the molecule is CC[C@@]1(O)C(=O)OCc2c1cc1n(c2=O)Cc2c-1nc1cc(F)c(C)c3c1c2[C@@H](NC(=O)CCCNC(=O)CNC(=O)C(Cc1ccccc1)NC(=O)CNC(=O)CNC(=O)CCCCCN)CC3. The minimum absolute atomic E-state index is 0.0220. The maximum absolute atomic E-state index is 15.4. The smallest absolute Gasteiger partial charge is 0.343 e. The van der Waals surface area contributed by atoms with E-state index in [1.807, 2.05) is 0 Å². The number of carbonyl (C=O) groups excluding carboxylic acids is 7. The minimum atomic E-state index is -2.03. The van der Waals surface area contributed by atoms with Gasteiger partial charge in [-0.2, -0.15) is 0 Å². The maximum Gasteiger partial charge on any atom is 0.343 e. The van der Waals surface area contributed by atoms with Crippen LogP contribution in [0.15, 0.2) is 47.3 Å². The Kier molecular flexibility index (Phi) is 15.8. The summed E-state index contributed by atoms with van der Waals surface area (Å²) in [7, 11) is 0. The number of pyridine rings is 2. The van der Waals surface area contributed by atoms with Crippen LogP contribution in [-0.2, 0) is 69.9 Å². The zero-order valence-corrected chi connectivity index (χ0v) is 38.7. The summed E-state index contributed by atoms with van der Waals surface area (Å²) in [5.41, 5.74) is 7.75. The Labute approximate surface area is 396 Å². The molecule has 2 aromatic heterocycles. The number of aryl methyl sites for hydroxylation is 1. The Balaban J connectivity index is 0.932.